The second-order valence-corrected chi connectivity index (χ2v) is 11.4. The standard InChI is InChI=1S/C26H35N7O/c1-15-4-5-19-18(11-33-14-30-22-23(27)28-13-29-24(22)33)20(6-7-25(15,19)2)26(3)9-16-10-31-32-21(16)8-17(26)12-34/h10,13-14,17-20,34H,1,4-9,11-12H2,2-3H3,(H,31,32)(H2,27,28,29)/t17-,18+,19+,20+,25-,26+/m1/s1. The number of nitrogens with two attached hydrogens (primary N) is 1. The molecule has 0 amide bonds. The summed E-state index contributed by atoms with van der Waals surface area (Å²) in [6.45, 7) is 10.4. The van der Waals surface area contributed by atoms with Gasteiger partial charge < -0.3 is 15.4 Å². The summed E-state index contributed by atoms with van der Waals surface area (Å²) in [4.78, 5) is 13.2. The smallest absolute Gasteiger partial charge is 0.165 e. The molecule has 34 heavy (non-hydrogen) atoms. The Labute approximate surface area is 200 Å². The number of nitrogen functional groups attached to an aromatic ring is 1. The van der Waals surface area contributed by atoms with Gasteiger partial charge in [0.15, 0.2) is 11.5 Å². The minimum Gasteiger partial charge on any atom is -0.396 e. The summed E-state index contributed by atoms with van der Waals surface area (Å²) >= 11 is 0. The van der Waals surface area contributed by atoms with E-state index in [4.69, 9.17) is 5.73 Å². The van der Waals surface area contributed by atoms with Gasteiger partial charge in [-0.05, 0) is 78.6 Å². The first-order valence-corrected chi connectivity index (χ1v) is 12.6. The van der Waals surface area contributed by atoms with Gasteiger partial charge in [-0.15, -0.1) is 0 Å². The zero-order chi connectivity index (χ0) is 23.7. The highest BCUT2D eigenvalue weighted by Crippen LogP contribution is 2.63. The van der Waals surface area contributed by atoms with Crippen LogP contribution in [0.5, 0.6) is 0 Å². The number of aromatic nitrogens is 6. The van der Waals surface area contributed by atoms with E-state index in [0.29, 0.717) is 29.1 Å². The van der Waals surface area contributed by atoms with Crippen molar-refractivity contribution in [1.82, 2.24) is 29.7 Å². The summed E-state index contributed by atoms with van der Waals surface area (Å²) in [6, 6.07) is 0. The van der Waals surface area contributed by atoms with Crippen LogP contribution in [0, 0.1) is 34.5 Å². The molecule has 6 rings (SSSR count). The fourth-order valence-corrected chi connectivity index (χ4v) is 7.94. The molecule has 0 aromatic carbocycles. The van der Waals surface area contributed by atoms with E-state index in [-0.39, 0.29) is 23.4 Å². The van der Waals surface area contributed by atoms with E-state index in [1.165, 1.54) is 36.0 Å². The summed E-state index contributed by atoms with van der Waals surface area (Å²) in [5.41, 5.74) is 11.6. The van der Waals surface area contributed by atoms with Crippen molar-refractivity contribution < 1.29 is 5.11 Å². The largest absolute Gasteiger partial charge is 0.396 e. The van der Waals surface area contributed by atoms with E-state index in [0.717, 1.165) is 37.9 Å². The molecule has 3 aromatic heterocycles. The minimum atomic E-state index is -0.00800. The molecule has 8 nitrogen and oxygen atoms in total. The molecule has 0 spiro atoms. The molecule has 2 fully saturated rings. The number of anilines is 1. The highest BCUT2D eigenvalue weighted by Gasteiger charge is 2.56. The third-order valence-corrected chi connectivity index (χ3v) is 10.1. The van der Waals surface area contributed by atoms with Crippen LogP contribution < -0.4 is 5.73 Å². The fraction of sp³-hybridized carbons (Fsp3) is 0.615. The van der Waals surface area contributed by atoms with Crippen LogP contribution in [0.25, 0.3) is 11.2 Å². The number of aliphatic hydroxyl groups is 1. The van der Waals surface area contributed by atoms with Gasteiger partial charge in [-0.3, -0.25) is 5.10 Å². The molecule has 0 saturated heterocycles. The number of imidazole rings is 1. The van der Waals surface area contributed by atoms with Crippen LogP contribution in [-0.4, -0.2) is 41.4 Å². The van der Waals surface area contributed by atoms with Crippen molar-refractivity contribution in [2.75, 3.05) is 12.3 Å². The molecule has 3 aliphatic rings. The lowest BCUT2D eigenvalue weighted by atomic mass is 9.49. The van der Waals surface area contributed by atoms with Gasteiger partial charge in [-0.25, -0.2) is 15.0 Å². The van der Waals surface area contributed by atoms with E-state index in [2.05, 4.69) is 50.1 Å². The number of allylic oxidation sites excluding steroid dienone is 1. The molecule has 2 saturated carbocycles. The number of hydrogen-bond acceptors (Lipinski definition) is 6. The summed E-state index contributed by atoms with van der Waals surface area (Å²) in [7, 11) is 0. The molecule has 0 aliphatic heterocycles. The second kappa shape index (κ2) is 7.63. The first kappa shape index (κ1) is 21.8. The molecular weight excluding hydrogens is 426 g/mol. The van der Waals surface area contributed by atoms with E-state index < -0.39 is 0 Å². The number of H-pyrrole nitrogens is 1. The Morgan fingerprint density at radius 1 is 1.24 bits per heavy atom. The average Bonchev–Trinajstić information content (AvgIpc) is 3.52. The Hall–Kier alpha value is -2.74. The van der Waals surface area contributed by atoms with E-state index >= 15 is 0 Å². The molecule has 8 heteroatoms. The number of rotatable bonds is 4. The monoisotopic (exact) mass is 461 g/mol. The van der Waals surface area contributed by atoms with Crippen molar-refractivity contribution >= 4 is 17.0 Å². The molecule has 180 valence electrons. The first-order valence-electron chi connectivity index (χ1n) is 12.6. The number of hydrogen-bond donors (Lipinski definition) is 3. The van der Waals surface area contributed by atoms with Crippen LogP contribution in [0.15, 0.2) is 31.0 Å². The van der Waals surface area contributed by atoms with Gasteiger partial charge in [0.2, 0.25) is 0 Å². The first-order chi connectivity index (χ1) is 16.3. The molecule has 6 atom stereocenters. The lowest BCUT2D eigenvalue weighted by Crippen LogP contribution is -2.52. The molecule has 3 aliphatic carbocycles. The highest BCUT2D eigenvalue weighted by atomic mass is 16.3. The fourth-order valence-electron chi connectivity index (χ4n) is 7.94. The van der Waals surface area contributed by atoms with Gasteiger partial charge in [-0.1, -0.05) is 26.0 Å². The third-order valence-electron chi connectivity index (χ3n) is 10.1. The van der Waals surface area contributed by atoms with Crippen LogP contribution in [-0.2, 0) is 19.4 Å². The van der Waals surface area contributed by atoms with E-state index in [9.17, 15) is 5.11 Å². The topological polar surface area (TPSA) is 119 Å². The zero-order valence-electron chi connectivity index (χ0n) is 20.2. The quantitative estimate of drug-likeness (QED) is 0.511. The van der Waals surface area contributed by atoms with Gasteiger partial charge in [0, 0.05) is 18.8 Å². The summed E-state index contributed by atoms with van der Waals surface area (Å²) in [6.07, 6.45) is 11.8. The zero-order valence-corrected chi connectivity index (χ0v) is 20.2. The summed E-state index contributed by atoms with van der Waals surface area (Å²) in [5.74, 6) is 2.08. The predicted octanol–water partition coefficient (Wildman–Crippen LogP) is 3.54. The van der Waals surface area contributed by atoms with E-state index in [1.54, 1.807) is 0 Å². The minimum absolute atomic E-state index is 0.00800. The van der Waals surface area contributed by atoms with Gasteiger partial charge >= 0.3 is 0 Å². The van der Waals surface area contributed by atoms with Crippen LogP contribution >= 0.6 is 0 Å². The SMILES string of the molecule is C=C1CC[C@H]2[C@H](Cn3cnc4c(N)ncnc43)[C@@H]([C@@]3(C)Cc4cn[nH]c4C[C@@H]3CO)CC[C@]12C. The average molecular weight is 462 g/mol. The lowest BCUT2D eigenvalue weighted by Gasteiger charge is -2.56. The van der Waals surface area contributed by atoms with Crippen molar-refractivity contribution in [2.45, 2.75) is 58.9 Å². The van der Waals surface area contributed by atoms with Gasteiger partial charge in [-0.2, -0.15) is 5.10 Å². The van der Waals surface area contributed by atoms with Gasteiger partial charge in [0.05, 0.1) is 12.5 Å². The summed E-state index contributed by atoms with van der Waals surface area (Å²) < 4.78 is 2.18. The van der Waals surface area contributed by atoms with Crippen molar-refractivity contribution in [3.8, 4) is 0 Å². The van der Waals surface area contributed by atoms with Gasteiger partial charge in [0.25, 0.3) is 0 Å². The molecule has 3 aromatic rings. The number of aliphatic hydroxyl groups excluding tert-OH is 1. The van der Waals surface area contributed by atoms with Crippen molar-refractivity contribution in [3.63, 3.8) is 0 Å². The van der Waals surface area contributed by atoms with E-state index in [1.807, 2.05) is 12.5 Å². The maximum Gasteiger partial charge on any atom is 0.165 e. The molecule has 4 N–H and O–H groups in total. The molecule has 3 heterocycles. The normalized spacial score (nSPS) is 35.4. The Morgan fingerprint density at radius 3 is 2.91 bits per heavy atom. The Kier molecular flexibility index (Phi) is 4.89. The van der Waals surface area contributed by atoms with Crippen molar-refractivity contribution in [1.29, 1.82) is 0 Å². The maximum absolute atomic E-state index is 10.5. The van der Waals surface area contributed by atoms with Crippen LogP contribution in [0.3, 0.4) is 0 Å². The van der Waals surface area contributed by atoms with Crippen molar-refractivity contribution in [3.05, 3.63) is 42.3 Å². The molecule has 0 radical (unpaired) electrons. The highest BCUT2D eigenvalue weighted by molar-refractivity contribution is 5.81. The Morgan fingerprint density at radius 2 is 2.09 bits per heavy atom. The van der Waals surface area contributed by atoms with Crippen molar-refractivity contribution in [2.24, 2.45) is 34.5 Å². The van der Waals surface area contributed by atoms with Crippen LogP contribution in [0.4, 0.5) is 5.82 Å². The van der Waals surface area contributed by atoms with Gasteiger partial charge in [0.1, 0.15) is 11.8 Å². The Balaban J connectivity index is 1.43. The third kappa shape index (κ3) is 3.00. The number of nitrogens with zero attached hydrogens (tertiary/aromatic N) is 5. The number of fused-ring (bicyclic) bond motifs is 3. The number of aromatic amines is 1. The molecule has 0 bridgehead atoms. The summed E-state index contributed by atoms with van der Waals surface area (Å²) in [5, 5.41) is 18.0. The van der Waals surface area contributed by atoms with Crippen LogP contribution in [0.2, 0.25) is 0 Å². The molecule has 0 unspecified atom stereocenters. The Bertz CT molecular complexity index is 1250. The van der Waals surface area contributed by atoms with Crippen LogP contribution in [0.1, 0.15) is 50.8 Å². The molecular formula is C26H35N7O. The second-order valence-electron chi connectivity index (χ2n) is 11.4. The maximum atomic E-state index is 10.5. The number of nitrogens with one attached hydrogen (secondary N) is 1. The predicted molar refractivity (Wildman–Crippen MR) is 131 cm³/mol. The lowest BCUT2D eigenvalue weighted by molar-refractivity contribution is -0.0622.